The first-order valence-electron chi connectivity index (χ1n) is 4.79. The summed E-state index contributed by atoms with van der Waals surface area (Å²) < 4.78 is 0. The van der Waals surface area contributed by atoms with Crippen molar-refractivity contribution in [3.8, 4) is 0 Å². The molecule has 1 aromatic carbocycles. The van der Waals surface area contributed by atoms with Crippen molar-refractivity contribution >= 4 is 44.5 Å². The number of rotatable bonds is 0. The van der Waals surface area contributed by atoms with Crippen LogP contribution in [0.15, 0.2) is 34.3 Å². The molecule has 2 aromatic rings. The van der Waals surface area contributed by atoms with Gasteiger partial charge >= 0.3 is 98.7 Å². The standard InChI is InChI=1S/C8H6N2S2.2CH3.Sn/c11-7-8(12)10-6-4-2-1-3-5(6)9-7;;;/h1-4H,(H,9,11)(H,10,12);2*1H3;/q;;;+2/p-2. The average molecular weight is 341 g/mol. The van der Waals surface area contributed by atoms with E-state index in [9.17, 15) is 0 Å². The molecule has 0 N–H and O–H groups in total. The first kappa shape index (κ1) is 10.2. The zero-order chi connectivity index (χ0) is 10.5. The topological polar surface area (TPSA) is 25.8 Å². The quantitative estimate of drug-likeness (QED) is 0.685. The van der Waals surface area contributed by atoms with E-state index in [4.69, 9.17) is 0 Å². The molecule has 5 heteroatoms. The van der Waals surface area contributed by atoms with Gasteiger partial charge in [0.05, 0.1) is 0 Å². The van der Waals surface area contributed by atoms with Gasteiger partial charge in [-0.1, -0.05) is 0 Å². The van der Waals surface area contributed by atoms with Gasteiger partial charge in [-0.05, 0) is 0 Å². The van der Waals surface area contributed by atoms with Crippen LogP contribution >= 0.6 is 17.9 Å². The summed E-state index contributed by atoms with van der Waals surface area (Å²) in [6.07, 6.45) is 0. The molecule has 1 aliphatic heterocycles. The van der Waals surface area contributed by atoms with Crippen LogP contribution < -0.4 is 0 Å². The monoisotopic (exact) mass is 342 g/mol. The molecule has 0 unspecified atom stereocenters. The molecule has 1 aromatic heterocycles. The molecule has 0 saturated carbocycles. The third kappa shape index (κ3) is 1.87. The van der Waals surface area contributed by atoms with Gasteiger partial charge in [0.2, 0.25) is 0 Å². The van der Waals surface area contributed by atoms with E-state index in [1.54, 1.807) is 0 Å². The Balaban J connectivity index is 2.23. The van der Waals surface area contributed by atoms with Crippen molar-refractivity contribution in [1.82, 2.24) is 9.97 Å². The maximum atomic E-state index is 4.68. The van der Waals surface area contributed by atoms with Crippen molar-refractivity contribution in [3.63, 3.8) is 0 Å². The summed E-state index contributed by atoms with van der Waals surface area (Å²) in [6.45, 7) is 0. The van der Waals surface area contributed by atoms with E-state index in [0.717, 1.165) is 11.0 Å². The first-order valence-corrected chi connectivity index (χ1v) is 19.1. The Hall–Kier alpha value is 0.0587. The minimum atomic E-state index is -1.95. The molecule has 76 valence electrons. The molecule has 0 aliphatic carbocycles. The van der Waals surface area contributed by atoms with Crippen molar-refractivity contribution in [2.45, 2.75) is 19.9 Å². The van der Waals surface area contributed by atoms with Crippen LogP contribution in [0, 0.1) is 0 Å². The number of hydrogen-bond acceptors (Lipinski definition) is 4. The Kier molecular flexibility index (Phi) is 2.41. The molecule has 0 bridgehead atoms. The third-order valence-electron chi connectivity index (χ3n) is 2.19. The minimum absolute atomic E-state index is 1.02. The molecule has 0 spiro atoms. The maximum absolute atomic E-state index is 4.68. The second-order valence-corrected chi connectivity index (χ2v) is 32.0. The van der Waals surface area contributed by atoms with Crippen LogP contribution in [0.5, 0.6) is 0 Å². The zero-order valence-corrected chi connectivity index (χ0v) is 13.0. The van der Waals surface area contributed by atoms with Crippen LogP contribution in [0.1, 0.15) is 0 Å². The summed E-state index contributed by atoms with van der Waals surface area (Å²) in [4.78, 5) is 14.2. The Morgan fingerprint density at radius 3 is 1.87 bits per heavy atom. The van der Waals surface area contributed by atoms with Crippen LogP contribution in [0.25, 0.3) is 11.0 Å². The van der Waals surface area contributed by atoms with E-state index in [1.165, 1.54) is 10.1 Å². The van der Waals surface area contributed by atoms with Crippen molar-refractivity contribution in [3.05, 3.63) is 24.3 Å². The van der Waals surface area contributed by atoms with Crippen LogP contribution in [-0.2, 0) is 0 Å². The zero-order valence-electron chi connectivity index (χ0n) is 8.52. The second kappa shape index (κ2) is 3.53. The molecule has 2 nitrogen and oxygen atoms in total. The Labute approximate surface area is 98.0 Å². The fraction of sp³-hybridized carbons (Fsp3) is 0.200. The fourth-order valence-electron chi connectivity index (χ4n) is 1.59. The van der Waals surface area contributed by atoms with Crippen LogP contribution in [-0.4, -0.2) is 25.6 Å². The Morgan fingerprint density at radius 1 is 0.933 bits per heavy atom. The van der Waals surface area contributed by atoms with Gasteiger partial charge in [0, 0.05) is 0 Å². The summed E-state index contributed by atoms with van der Waals surface area (Å²) in [5, 5.41) is 2.33. The number of hydrogen-bond donors (Lipinski definition) is 0. The predicted molar refractivity (Wildman–Crippen MR) is 68.7 cm³/mol. The van der Waals surface area contributed by atoms with Gasteiger partial charge in [-0.3, -0.25) is 0 Å². The molecular weight excluding hydrogens is 331 g/mol. The van der Waals surface area contributed by atoms with Gasteiger partial charge in [0.25, 0.3) is 0 Å². The number of fused-ring (bicyclic) bond motifs is 2. The molecule has 2 heterocycles. The van der Waals surface area contributed by atoms with E-state index in [0.29, 0.717) is 0 Å². The van der Waals surface area contributed by atoms with Crippen molar-refractivity contribution in [1.29, 1.82) is 0 Å². The summed E-state index contributed by atoms with van der Waals surface area (Å²) in [5.41, 5.74) is 2.04. The SMILES string of the molecule is [CH3][Sn]1([CH3])[S]c2nc3ccccc3nc2[S]1. The number of nitrogens with zero attached hydrogens (tertiary/aromatic N) is 2. The molecular formula is C10H10N2S2Sn. The summed E-state index contributed by atoms with van der Waals surface area (Å²) in [5.74, 6) is 0. The summed E-state index contributed by atoms with van der Waals surface area (Å²) in [7, 11) is 4.02. The van der Waals surface area contributed by atoms with Crippen molar-refractivity contribution in [2.75, 3.05) is 0 Å². The van der Waals surface area contributed by atoms with Crippen LogP contribution in [0.4, 0.5) is 0 Å². The van der Waals surface area contributed by atoms with Gasteiger partial charge in [0.1, 0.15) is 0 Å². The molecule has 3 rings (SSSR count). The van der Waals surface area contributed by atoms with E-state index in [-0.39, 0.29) is 0 Å². The normalized spacial score (nSPS) is 18.0. The molecule has 0 saturated heterocycles. The summed E-state index contributed by atoms with van der Waals surface area (Å²) in [6, 6.07) is 8.11. The van der Waals surface area contributed by atoms with Gasteiger partial charge in [-0.25, -0.2) is 0 Å². The fourth-order valence-corrected chi connectivity index (χ4v) is 19.4. The van der Waals surface area contributed by atoms with Gasteiger partial charge in [0.15, 0.2) is 0 Å². The molecule has 15 heavy (non-hydrogen) atoms. The summed E-state index contributed by atoms with van der Waals surface area (Å²) >= 11 is -1.95. The number of benzene rings is 1. The van der Waals surface area contributed by atoms with Crippen molar-refractivity contribution < 1.29 is 0 Å². The number of aromatic nitrogens is 2. The van der Waals surface area contributed by atoms with Crippen molar-refractivity contribution in [2.24, 2.45) is 0 Å². The van der Waals surface area contributed by atoms with Gasteiger partial charge < -0.3 is 0 Å². The average Bonchev–Trinajstić information content (AvgIpc) is 2.46. The molecule has 0 radical (unpaired) electrons. The van der Waals surface area contributed by atoms with Gasteiger partial charge in [-0.15, -0.1) is 0 Å². The first-order chi connectivity index (χ1) is 7.14. The Morgan fingerprint density at radius 2 is 1.40 bits per heavy atom. The van der Waals surface area contributed by atoms with Crippen LogP contribution in [0.3, 0.4) is 0 Å². The Bertz CT molecular complexity index is 495. The molecule has 1 aliphatic rings. The predicted octanol–water partition coefficient (Wildman–Crippen LogP) is 3.53. The third-order valence-corrected chi connectivity index (χ3v) is 19.3. The molecule has 0 fully saturated rings. The molecule has 0 atom stereocenters. The van der Waals surface area contributed by atoms with E-state index >= 15 is 0 Å². The van der Waals surface area contributed by atoms with Crippen LogP contribution in [0.2, 0.25) is 9.88 Å². The van der Waals surface area contributed by atoms with E-state index in [2.05, 4.69) is 19.8 Å². The number of para-hydroxylation sites is 2. The van der Waals surface area contributed by atoms with Gasteiger partial charge in [-0.2, -0.15) is 0 Å². The second-order valence-electron chi connectivity index (χ2n) is 3.93. The molecule has 0 amide bonds. The van der Waals surface area contributed by atoms with E-state index in [1.807, 2.05) is 42.2 Å². The van der Waals surface area contributed by atoms with E-state index < -0.39 is 15.6 Å².